The third-order valence-corrected chi connectivity index (χ3v) is 3.63. The fourth-order valence-corrected chi connectivity index (χ4v) is 2.21. The number of carbonyl (C=O) groups excluding carboxylic acids is 2. The fraction of sp³-hybridized carbons (Fsp3) is 0.176. The topological polar surface area (TPSA) is 83.8 Å². The van der Waals surface area contributed by atoms with Crippen molar-refractivity contribution in [3.8, 4) is 0 Å². The minimum atomic E-state index is -2.00. The number of likely N-dealkylation sites (N-methyl/N-ethyl adjacent to an activating group) is 2. The zero-order valence-corrected chi connectivity index (χ0v) is 13.3. The van der Waals surface area contributed by atoms with E-state index in [1.165, 1.54) is 14.1 Å². The summed E-state index contributed by atoms with van der Waals surface area (Å²) in [4.78, 5) is 37.7. The molecule has 0 aromatic heterocycles. The average Bonchev–Trinajstić information content (AvgIpc) is 2.61. The molecule has 0 atom stereocenters. The van der Waals surface area contributed by atoms with Crippen LogP contribution in [-0.2, 0) is 9.59 Å². The molecule has 0 aliphatic rings. The predicted octanol–water partition coefficient (Wildman–Crippen LogP) is 1.96. The van der Waals surface area contributed by atoms with E-state index in [0.29, 0.717) is 11.4 Å². The van der Waals surface area contributed by atoms with E-state index in [0.717, 1.165) is 9.80 Å². The molecule has 124 valence electrons. The van der Waals surface area contributed by atoms with E-state index in [1.54, 1.807) is 60.7 Å². The Morgan fingerprint density at radius 3 is 1.46 bits per heavy atom. The first kappa shape index (κ1) is 17.1. The van der Waals surface area contributed by atoms with E-state index in [1.807, 2.05) is 0 Å². The van der Waals surface area contributed by atoms with Crippen LogP contribution in [0.5, 0.6) is 0 Å². The summed E-state index contributed by atoms with van der Waals surface area (Å²) >= 11 is 0. The van der Waals surface area contributed by atoms with Gasteiger partial charge in [0.15, 0.2) is 0 Å². The quantitative estimate of drug-likeness (QED) is 0.477. The van der Waals surface area contributed by atoms with Crippen molar-refractivity contribution in [1.82, 2.24) is 0 Å². The fourth-order valence-electron chi connectivity index (χ4n) is 2.21. The molecule has 2 rings (SSSR count). The Labute approximate surface area is 139 Å². The lowest BCUT2D eigenvalue weighted by atomic mass is 10.2. The SMILES string of the molecule is CN(C(=O)C(C(=O)N(C)c1ccccc1)[N+](=O)[O-])c1ccccc1. The van der Waals surface area contributed by atoms with Crippen LogP contribution in [0, 0.1) is 10.1 Å². The molecular weight excluding hydrogens is 310 g/mol. The van der Waals surface area contributed by atoms with Crippen molar-refractivity contribution >= 4 is 23.2 Å². The van der Waals surface area contributed by atoms with Crippen LogP contribution in [0.4, 0.5) is 11.4 Å². The molecule has 7 nitrogen and oxygen atoms in total. The number of nitrogens with zero attached hydrogens (tertiary/aromatic N) is 3. The maximum atomic E-state index is 12.5. The number of rotatable bonds is 5. The van der Waals surface area contributed by atoms with Crippen molar-refractivity contribution in [1.29, 1.82) is 0 Å². The second-order valence-electron chi connectivity index (χ2n) is 5.15. The van der Waals surface area contributed by atoms with Gasteiger partial charge in [0.1, 0.15) is 0 Å². The normalized spacial score (nSPS) is 10.3. The van der Waals surface area contributed by atoms with Crippen molar-refractivity contribution < 1.29 is 14.5 Å². The Bertz CT molecular complexity index is 677. The number of carbonyl (C=O) groups is 2. The Balaban J connectivity index is 2.27. The predicted molar refractivity (Wildman–Crippen MR) is 90.5 cm³/mol. The van der Waals surface area contributed by atoms with Crippen LogP contribution in [-0.4, -0.2) is 36.9 Å². The summed E-state index contributed by atoms with van der Waals surface area (Å²) < 4.78 is 0. The zero-order chi connectivity index (χ0) is 17.7. The first-order chi connectivity index (χ1) is 11.4. The lowest BCUT2D eigenvalue weighted by molar-refractivity contribution is -0.493. The van der Waals surface area contributed by atoms with E-state index in [2.05, 4.69) is 0 Å². The van der Waals surface area contributed by atoms with Crippen molar-refractivity contribution in [3.63, 3.8) is 0 Å². The number of anilines is 2. The molecule has 0 aliphatic heterocycles. The number of amides is 2. The van der Waals surface area contributed by atoms with Crippen LogP contribution in [0.25, 0.3) is 0 Å². The highest BCUT2D eigenvalue weighted by Gasteiger charge is 2.42. The molecule has 0 saturated heterocycles. The van der Waals surface area contributed by atoms with Crippen LogP contribution >= 0.6 is 0 Å². The summed E-state index contributed by atoms with van der Waals surface area (Å²) in [6, 6.07) is 14.9. The highest BCUT2D eigenvalue weighted by molar-refractivity contribution is 6.14. The molecule has 2 aromatic carbocycles. The molecule has 2 amide bonds. The van der Waals surface area contributed by atoms with Crippen LogP contribution in [0.3, 0.4) is 0 Å². The second-order valence-corrected chi connectivity index (χ2v) is 5.15. The van der Waals surface area contributed by atoms with E-state index >= 15 is 0 Å². The summed E-state index contributed by atoms with van der Waals surface area (Å²) in [6.07, 6.45) is 0. The molecule has 24 heavy (non-hydrogen) atoms. The molecule has 0 aliphatic carbocycles. The van der Waals surface area contributed by atoms with E-state index < -0.39 is 22.8 Å². The van der Waals surface area contributed by atoms with Gasteiger partial charge < -0.3 is 9.80 Å². The molecule has 0 spiro atoms. The molecule has 2 aromatic rings. The van der Waals surface area contributed by atoms with E-state index in [4.69, 9.17) is 0 Å². The van der Waals surface area contributed by atoms with Gasteiger partial charge in [-0.25, -0.2) is 0 Å². The molecule has 0 bridgehead atoms. The lowest BCUT2D eigenvalue weighted by Gasteiger charge is -2.22. The Morgan fingerprint density at radius 1 is 0.833 bits per heavy atom. The van der Waals surface area contributed by atoms with E-state index in [-0.39, 0.29) is 0 Å². The minimum Gasteiger partial charge on any atom is -0.309 e. The van der Waals surface area contributed by atoms with Gasteiger partial charge in [-0.3, -0.25) is 19.7 Å². The summed E-state index contributed by atoms with van der Waals surface area (Å²) in [5.74, 6) is -1.78. The largest absolute Gasteiger partial charge is 0.366 e. The summed E-state index contributed by atoms with van der Waals surface area (Å²) in [5.41, 5.74) is 0.953. The van der Waals surface area contributed by atoms with Crippen LogP contribution in [0.15, 0.2) is 60.7 Å². The maximum absolute atomic E-state index is 12.5. The number of hydrogen-bond acceptors (Lipinski definition) is 4. The highest BCUT2D eigenvalue weighted by Crippen LogP contribution is 2.17. The standard InChI is InChI=1S/C17H17N3O4/c1-18(13-9-5-3-6-10-13)16(21)15(20(23)24)17(22)19(2)14-11-7-4-8-12-14/h3-12,15H,1-2H3. The van der Waals surface area contributed by atoms with Crippen molar-refractivity contribution in [2.45, 2.75) is 6.04 Å². The number of nitro groups is 1. The lowest BCUT2D eigenvalue weighted by Crippen LogP contribution is -2.51. The second kappa shape index (κ2) is 7.36. The molecular formula is C17H17N3O4. The van der Waals surface area contributed by atoms with Gasteiger partial charge in [-0.2, -0.15) is 0 Å². The third kappa shape index (κ3) is 3.57. The average molecular weight is 327 g/mol. The maximum Gasteiger partial charge on any atom is 0.366 e. The van der Waals surface area contributed by atoms with Crippen molar-refractivity contribution in [2.24, 2.45) is 0 Å². The highest BCUT2D eigenvalue weighted by atomic mass is 16.6. The molecule has 0 heterocycles. The van der Waals surface area contributed by atoms with Gasteiger partial charge in [0.2, 0.25) is 0 Å². The molecule has 7 heteroatoms. The molecule has 0 saturated carbocycles. The summed E-state index contributed by atoms with van der Waals surface area (Å²) in [6.45, 7) is 0. The monoisotopic (exact) mass is 327 g/mol. The van der Waals surface area contributed by atoms with Crippen molar-refractivity contribution in [3.05, 3.63) is 70.8 Å². The van der Waals surface area contributed by atoms with Gasteiger partial charge in [0, 0.05) is 30.4 Å². The number of para-hydroxylation sites is 2. The van der Waals surface area contributed by atoms with Crippen LogP contribution < -0.4 is 9.80 Å². The first-order valence-electron chi connectivity index (χ1n) is 7.22. The number of hydrogen-bond donors (Lipinski definition) is 0. The Kier molecular flexibility index (Phi) is 5.26. The van der Waals surface area contributed by atoms with Crippen molar-refractivity contribution in [2.75, 3.05) is 23.9 Å². The van der Waals surface area contributed by atoms with Crippen LogP contribution in [0.1, 0.15) is 0 Å². The minimum absolute atomic E-state index is 0.476. The van der Waals surface area contributed by atoms with Gasteiger partial charge in [0.05, 0.1) is 0 Å². The van der Waals surface area contributed by atoms with Crippen LogP contribution in [0.2, 0.25) is 0 Å². The molecule has 0 N–H and O–H groups in total. The number of benzene rings is 2. The molecule has 0 unspecified atom stereocenters. The summed E-state index contributed by atoms with van der Waals surface area (Å²) in [7, 11) is 2.81. The van der Waals surface area contributed by atoms with Gasteiger partial charge in [-0.15, -0.1) is 0 Å². The smallest absolute Gasteiger partial charge is 0.309 e. The van der Waals surface area contributed by atoms with Gasteiger partial charge >= 0.3 is 17.9 Å². The van der Waals surface area contributed by atoms with Gasteiger partial charge in [-0.05, 0) is 24.3 Å². The molecule has 0 radical (unpaired) electrons. The summed E-state index contributed by atoms with van der Waals surface area (Å²) in [5, 5.41) is 11.4. The van der Waals surface area contributed by atoms with Gasteiger partial charge in [0.25, 0.3) is 0 Å². The molecule has 0 fully saturated rings. The Hall–Kier alpha value is -3.22. The van der Waals surface area contributed by atoms with Gasteiger partial charge in [-0.1, -0.05) is 36.4 Å². The zero-order valence-electron chi connectivity index (χ0n) is 13.3. The Morgan fingerprint density at radius 2 is 1.17 bits per heavy atom. The third-order valence-electron chi connectivity index (χ3n) is 3.63. The first-order valence-corrected chi connectivity index (χ1v) is 7.22. The van der Waals surface area contributed by atoms with E-state index in [9.17, 15) is 19.7 Å².